The Hall–Kier alpha value is -1.88. The Balaban J connectivity index is 0.000000647. The lowest BCUT2D eigenvalue weighted by Gasteiger charge is -2.12. The maximum absolute atomic E-state index is 7.12. The van der Waals surface area contributed by atoms with Crippen LogP contribution in [0.5, 0.6) is 0 Å². The smallest absolute Gasteiger partial charge is 0.430 e. The van der Waals surface area contributed by atoms with Crippen LogP contribution in [0.4, 0.5) is 0 Å². The summed E-state index contributed by atoms with van der Waals surface area (Å²) >= 11 is 3.72. The standard InChI is InChI=1S/C20H17Br.BH3O2/c21-20-13-7-12-18(14-16-8-3-1-4-9-16)19(20)15-17-10-5-2-6-11-17;2-1-3/h1-13H,14-15H2;1-3H. The fourth-order valence-electron chi connectivity index (χ4n) is 2.58. The number of hydrogen-bond acceptors (Lipinski definition) is 2. The second kappa shape index (κ2) is 10.1. The minimum Gasteiger partial charge on any atom is -0.430 e. The van der Waals surface area contributed by atoms with Crippen LogP contribution in [-0.2, 0) is 12.8 Å². The Labute approximate surface area is 152 Å². The second-order valence-corrected chi connectivity index (χ2v) is 6.20. The van der Waals surface area contributed by atoms with E-state index in [0.717, 1.165) is 12.8 Å². The van der Waals surface area contributed by atoms with Crippen LogP contribution in [0.25, 0.3) is 0 Å². The van der Waals surface area contributed by atoms with Crippen molar-refractivity contribution < 1.29 is 10.0 Å². The third-order valence-corrected chi connectivity index (χ3v) is 4.42. The molecule has 3 aromatic carbocycles. The van der Waals surface area contributed by atoms with Crippen LogP contribution in [0.2, 0.25) is 0 Å². The summed E-state index contributed by atoms with van der Waals surface area (Å²) in [5.74, 6) is 0. The summed E-state index contributed by atoms with van der Waals surface area (Å²) in [6.45, 7) is 0. The predicted octanol–water partition coefficient (Wildman–Crippen LogP) is 3.87. The molecule has 0 aliphatic rings. The van der Waals surface area contributed by atoms with Crippen LogP contribution in [0.1, 0.15) is 22.3 Å². The van der Waals surface area contributed by atoms with Gasteiger partial charge in [-0.15, -0.1) is 0 Å². The van der Waals surface area contributed by atoms with Gasteiger partial charge in [0.05, 0.1) is 0 Å². The summed E-state index contributed by atoms with van der Waals surface area (Å²) in [5, 5.41) is 14.2. The predicted molar refractivity (Wildman–Crippen MR) is 104 cm³/mol. The van der Waals surface area contributed by atoms with Crippen molar-refractivity contribution in [1.82, 2.24) is 0 Å². The summed E-state index contributed by atoms with van der Waals surface area (Å²) in [4.78, 5) is 0. The highest BCUT2D eigenvalue weighted by atomic mass is 79.9. The van der Waals surface area contributed by atoms with Gasteiger partial charge in [0.15, 0.2) is 0 Å². The third-order valence-electron chi connectivity index (χ3n) is 3.68. The zero-order valence-electron chi connectivity index (χ0n) is 13.4. The molecule has 0 aliphatic heterocycles. The topological polar surface area (TPSA) is 40.5 Å². The van der Waals surface area contributed by atoms with E-state index in [4.69, 9.17) is 10.0 Å². The van der Waals surface area contributed by atoms with Crippen LogP contribution >= 0.6 is 15.9 Å². The molecule has 0 saturated heterocycles. The molecule has 24 heavy (non-hydrogen) atoms. The van der Waals surface area contributed by atoms with E-state index in [1.165, 1.54) is 26.7 Å². The maximum atomic E-state index is 7.12. The van der Waals surface area contributed by atoms with E-state index in [1.54, 1.807) is 0 Å². The number of rotatable bonds is 4. The van der Waals surface area contributed by atoms with E-state index in [9.17, 15) is 0 Å². The Bertz CT molecular complexity index is 733. The number of benzene rings is 3. The molecule has 3 aromatic rings. The molecule has 0 spiro atoms. The first-order valence-electron chi connectivity index (χ1n) is 7.80. The highest BCUT2D eigenvalue weighted by Gasteiger charge is 2.08. The molecule has 3 rings (SSSR count). The fourth-order valence-corrected chi connectivity index (χ4v) is 3.13. The lowest BCUT2D eigenvalue weighted by molar-refractivity contribution is 0.448. The van der Waals surface area contributed by atoms with Crippen LogP contribution in [-0.4, -0.2) is 17.7 Å². The summed E-state index contributed by atoms with van der Waals surface area (Å²) < 4.78 is 1.19. The van der Waals surface area contributed by atoms with Crippen LogP contribution in [0, 0.1) is 0 Å². The van der Waals surface area contributed by atoms with Crippen molar-refractivity contribution in [3.05, 3.63) is 106 Å². The Morgan fingerprint density at radius 2 is 1.17 bits per heavy atom. The lowest BCUT2D eigenvalue weighted by atomic mass is 9.95. The van der Waals surface area contributed by atoms with Gasteiger partial charge < -0.3 is 10.0 Å². The van der Waals surface area contributed by atoms with Gasteiger partial charge in [0.1, 0.15) is 0 Å². The van der Waals surface area contributed by atoms with Crippen molar-refractivity contribution in [3.8, 4) is 0 Å². The molecule has 4 heteroatoms. The quantitative estimate of drug-likeness (QED) is 0.672. The van der Waals surface area contributed by atoms with Gasteiger partial charge in [0.2, 0.25) is 0 Å². The first kappa shape index (κ1) is 18.5. The van der Waals surface area contributed by atoms with Gasteiger partial charge in [-0.1, -0.05) is 88.7 Å². The molecule has 0 heterocycles. The molecule has 0 aliphatic carbocycles. The van der Waals surface area contributed by atoms with E-state index in [2.05, 4.69) is 94.8 Å². The first-order chi connectivity index (χ1) is 11.7. The Morgan fingerprint density at radius 3 is 1.71 bits per heavy atom. The lowest BCUT2D eigenvalue weighted by Crippen LogP contribution is -1.98. The minimum absolute atomic E-state index is 0.750. The largest absolute Gasteiger partial charge is 0.432 e. The summed E-state index contributed by atoms with van der Waals surface area (Å²) in [6.07, 6.45) is 1.94. The van der Waals surface area contributed by atoms with E-state index in [0.29, 0.717) is 0 Å². The zero-order chi connectivity index (χ0) is 17.2. The van der Waals surface area contributed by atoms with Gasteiger partial charge in [-0.25, -0.2) is 0 Å². The third kappa shape index (κ3) is 5.64. The van der Waals surface area contributed by atoms with Crippen molar-refractivity contribution in [1.29, 1.82) is 0 Å². The van der Waals surface area contributed by atoms with Crippen molar-refractivity contribution in [2.24, 2.45) is 0 Å². The van der Waals surface area contributed by atoms with E-state index < -0.39 is 7.69 Å². The van der Waals surface area contributed by atoms with Gasteiger partial charge in [-0.2, -0.15) is 0 Å². The molecule has 0 aromatic heterocycles. The zero-order valence-corrected chi connectivity index (χ0v) is 15.0. The Morgan fingerprint density at radius 1 is 0.667 bits per heavy atom. The average Bonchev–Trinajstić information content (AvgIpc) is 2.61. The van der Waals surface area contributed by atoms with Crippen molar-refractivity contribution in [2.45, 2.75) is 12.8 Å². The highest BCUT2D eigenvalue weighted by molar-refractivity contribution is 9.10. The van der Waals surface area contributed by atoms with E-state index in [1.807, 2.05) is 0 Å². The summed E-state index contributed by atoms with van der Waals surface area (Å²) in [7, 11) is -0.750. The van der Waals surface area contributed by atoms with Crippen molar-refractivity contribution in [3.63, 3.8) is 0 Å². The van der Waals surface area contributed by atoms with Gasteiger partial charge in [0, 0.05) is 4.47 Å². The fraction of sp³-hybridized carbons (Fsp3) is 0.100. The minimum atomic E-state index is -0.750. The molecule has 0 radical (unpaired) electrons. The van der Waals surface area contributed by atoms with Crippen LogP contribution in [0.15, 0.2) is 83.3 Å². The van der Waals surface area contributed by atoms with E-state index in [-0.39, 0.29) is 0 Å². The molecule has 0 unspecified atom stereocenters. The van der Waals surface area contributed by atoms with Crippen molar-refractivity contribution >= 4 is 23.6 Å². The molecule has 2 nitrogen and oxygen atoms in total. The molecule has 0 fully saturated rings. The monoisotopic (exact) mass is 382 g/mol. The molecule has 0 saturated carbocycles. The number of halogens is 1. The molecule has 0 bridgehead atoms. The molecule has 0 atom stereocenters. The van der Waals surface area contributed by atoms with Crippen LogP contribution in [0.3, 0.4) is 0 Å². The molecular weight excluding hydrogens is 363 g/mol. The average molecular weight is 383 g/mol. The van der Waals surface area contributed by atoms with Gasteiger partial charge in [-0.05, 0) is 41.2 Å². The highest BCUT2D eigenvalue weighted by Crippen LogP contribution is 2.25. The molecule has 2 N–H and O–H groups in total. The SMILES string of the molecule is Brc1cccc(Cc2ccccc2)c1Cc1ccccc1.OBO. The van der Waals surface area contributed by atoms with Gasteiger partial charge in [-0.3, -0.25) is 0 Å². The second-order valence-electron chi connectivity index (χ2n) is 5.34. The first-order valence-corrected chi connectivity index (χ1v) is 8.59. The molecular formula is C20H20BBrO2. The summed E-state index contributed by atoms with van der Waals surface area (Å²) in [5.41, 5.74) is 5.47. The molecule has 122 valence electrons. The van der Waals surface area contributed by atoms with Gasteiger partial charge in [0.25, 0.3) is 0 Å². The summed E-state index contributed by atoms with van der Waals surface area (Å²) in [6, 6.07) is 27.8. The van der Waals surface area contributed by atoms with Crippen LogP contribution < -0.4 is 0 Å². The molecule has 0 amide bonds. The van der Waals surface area contributed by atoms with E-state index >= 15 is 0 Å². The maximum Gasteiger partial charge on any atom is 0.432 e. The van der Waals surface area contributed by atoms with Crippen molar-refractivity contribution in [2.75, 3.05) is 0 Å². The van der Waals surface area contributed by atoms with Gasteiger partial charge >= 0.3 is 7.69 Å². The number of hydrogen-bond donors (Lipinski definition) is 2. The Kier molecular flexibility index (Phi) is 7.76. The normalized spacial score (nSPS) is 9.79.